The second-order valence-electron chi connectivity index (χ2n) is 4.81. The zero-order valence-electron chi connectivity index (χ0n) is 10.1. The molecule has 3 rings (SSSR count). The maximum Gasteiger partial charge on any atom is 0.124 e. The summed E-state index contributed by atoms with van der Waals surface area (Å²) in [6, 6.07) is 7.05. The van der Waals surface area contributed by atoms with Gasteiger partial charge in [0.05, 0.1) is 0 Å². The Hall–Kier alpha value is -0.970. The van der Waals surface area contributed by atoms with E-state index in [9.17, 15) is 4.39 Å². The van der Waals surface area contributed by atoms with Gasteiger partial charge in [-0.25, -0.2) is 4.39 Å². The van der Waals surface area contributed by atoms with Crippen molar-refractivity contribution in [2.45, 2.75) is 18.9 Å². The Morgan fingerprint density at radius 1 is 1.28 bits per heavy atom. The first kappa shape index (κ1) is 12.1. The molecule has 0 bridgehead atoms. The summed E-state index contributed by atoms with van der Waals surface area (Å²) in [5.74, 6) is 0.298. The molecule has 0 radical (unpaired) electrons. The van der Waals surface area contributed by atoms with Crippen molar-refractivity contribution in [3.8, 4) is 0 Å². The van der Waals surface area contributed by atoms with Gasteiger partial charge in [0.1, 0.15) is 5.82 Å². The Morgan fingerprint density at radius 2 is 2.06 bits per heavy atom. The van der Waals surface area contributed by atoms with Gasteiger partial charge in [0.25, 0.3) is 0 Å². The summed E-state index contributed by atoms with van der Waals surface area (Å²) >= 11 is 1.61. The van der Waals surface area contributed by atoms with E-state index in [4.69, 9.17) is 10.5 Å². The third-order valence-corrected chi connectivity index (χ3v) is 4.80. The number of rotatable bonds is 2. The summed E-state index contributed by atoms with van der Waals surface area (Å²) in [7, 11) is 0. The van der Waals surface area contributed by atoms with Crippen LogP contribution in [0.1, 0.15) is 23.8 Å². The van der Waals surface area contributed by atoms with E-state index in [2.05, 4.69) is 6.07 Å². The minimum atomic E-state index is -0.185. The van der Waals surface area contributed by atoms with Gasteiger partial charge in [-0.1, -0.05) is 6.07 Å². The van der Waals surface area contributed by atoms with E-state index >= 15 is 0 Å². The smallest absolute Gasteiger partial charge is 0.124 e. The second kappa shape index (κ2) is 4.96. The highest BCUT2D eigenvalue weighted by Crippen LogP contribution is 2.35. The highest BCUT2D eigenvalue weighted by atomic mass is 32.1. The normalized spacial score (nSPS) is 19.2. The monoisotopic (exact) mass is 265 g/mol. The molecule has 4 heteroatoms. The van der Waals surface area contributed by atoms with Crippen LogP contribution in [0.4, 0.5) is 4.39 Å². The van der Waals surface area contributed by atoms with E-state index in [0.717, 1.165) is 41.0 Å². The van der Waals surface area contributed by atoms with Gasteiger partial charge in [-0.2, -0.15) is 0 Å². The van der Waals surface area contributed by atoms with Crippen LogP contribution in [0.25, 0.3) is 10.1 Å². The highest BCUT2D eigenvalue weighted by molar-refractivity contribution is 7.19. The fraction of sp³-hybridized carbons (Fsp3) is 0.429. The molecule has 2 aromatic rings. The van der Waals surface area contributed by atoms with Crippen molar-refractivity contribution >= 4 is 21.4 Å². The number of benzene rings is 1. The minimum absolute atomic E-state index is 0.0503. The van der Waals surface area contributed by atoms with Gasteiger partial charge in [-0.15, -0.1) is 11.3 Å². The Bertz CT molecular complexity index is 548. The molecule has 1 aromatic carbocycles. The molecule has 1 atom stereocenters. The number of halogens is 1. The highest BCUT2D eigenvalue weighted by Gasteiger charge is 2.23. The Morgan fingerprint density at radius 3 is 2.83 bits per heavy atom. The Kier molecular flexibility index (Phi) is 3.33. The van der Waals surface area contributed by atoms with Crippen LogP contribution < -0.4 is 5.73 Å². The molecule has 0 spiro atoms. The third-order valence-electron chi connectivity index (χ3n) is 3.60. The van der Waals surface area contributed by atoms with E-state index in [1.165, 1.54) is 6.07 Å². The molecule has 0 saturated carbocycles. The third kappa shape index (κ3) is 2.28. The van der Waals surface area contributed by atoms with Crippen LogP contribution in [0, 0.1) is 11.7 Å². The van der Waals surface area contributed by atoms with Gasteiger partial charge in [-0.05, 0) is 42.3 Å². The van der Waals surface area contributed by atoms with Crippen LogP contribution in [0.5, 0.6) is 0 Å². The summed E-state index contributed by atoms with van der Waals surface area (Å²) < 4.78 is 19.5. The van der Waals surface area contributed by atoms with E-state index in [0.29, 0.717) is 5.92 Å². The van der Waals surface area contributed by atoms with Gasteiger partial charge in [0, 0.05) is 28.8 Å². The molecule has 0 aliphatic carbocycles. The Balaban J connectivity index is 1.88. The van der Waals surface area contributed by atoms with Crippen LogP contribution >= 0.6 is 11.3 Å². The molecule has 2 heterocycles. The van der Waals surface area contributed by atoms with Crippen molar-refractivity contribution < 1.29 is 9.13 Å². The quantitative estimate of drug-likeness (QED) is 0.902. The number of hydrogen-bond acceptors (Lipinski definition) is 3. The first-order valence-electron chi connectivity index (χ1n) is 6.26. The number of ether oxygens (including phenoxy) is 1. The molecule has 1 aromatic heterocycles. The van der Waals surface area contributed by atoms with Gasteiger partial charge in [-0.3, -0.25) is 0 Å². The van der Waals surface area contributed by atoms with Crippen molar-refractivity contribution in [3.63, 3.8) is 0 Å². The first-order chi connectivity index (χ1) is 8.74. The lowest BCUT2D eigenvalue weighted by Gasteiger charge is -2.26. The lowest BCUT2D eigenvalue weighted by atomic mass is 9.91. The zero-order valence-corrected chi connectivity index (χ0v) is 10.9. The maximum absolute atomic E-state index is 13.2. The van der Waals surface area contributed by atoms with Crippen LogP contribution in [-0.2, 0) is 4.74 Å². The molecule has 96 valence electrons. The molecule has 1 aliphatic rings. The second-order valence-corrected chi connectivity index (χ2v) is 5.92. The Labute approximate surface area is 110 Å². The molecule has 1 unspecified atom stereocenters. The summed E-state index contributed by atoms with van der Waals surface area (Å²) in [4.78, 5) is 1.16. The average Bonchev–Trinajstić information content (AvgIpc) is 2.81. The molecular formula is C14H16FNOS. The van der Waals surface area contributed by atoms with Crippen LogP contribution in [-0.4, -0.2) is 13.2 Å². The molecule has 2 N–H and O–H groups in total. The van der Waals surface area contributed by atoms with Gasteiger partial charge < -0.3 is 10.5 Å². The molecule has 1 saturated heterocycles. The van der Waals surface area contributed by atoms with E-state index < -0.39 is 0 Å². The molecule has 1 fully saturated rings. The lowest BCUT2D eigenvalue weighted by molar-refractivity contribution is 0.0587. The predicted molar refractivity (Wildman–Crippen MR) is 72.3 cm³/mol. The van der Waals surface area contributed by atoms with Crippen molar-refractivity contribution in [3.05, 3.63) is 35.0 Å². The van der Waals surface area contributed by atoms with Crippen molar-refractivity contribution in [2.24, 2.45) is 11.7 Å². The zero-order chi connectivity index (χ0) is 12.5. The molecule has 2 nitrogen and oxygen atoms in total. The fourth-order valence-electron chi connectivity index (χ4n) is 2.50. The molecule has 0 amide bonds. The van der Waals surface area contributed by atoms with Crippen molar-refractivity contribution in [2.75, 3.05) is 13.2 Å². The lowest BCUT2D eigenvalue weighted by Crippen LogP contribution is -2.26. The summed E-state index contributed by atoms with van der Waals surface area (Å²) in [5, 5.41) is 1.08. The van der Waals surface area contributed by atoms with Crippen molar-refractivity contribution in [1.82, 2.24) is 0 Å². The van der Waals surface area contributed by atoms with E-state index in [1.807, 2.05) is 6.07 Å². The van der Waals surface area contributed by atoms with Crippen molar-refractivity contribution in [1.29, 1.82) is 0 Å². The minimum Gasteiger partial charge on any atom is -0.381 e. The van der Waals surface area contributed by atoms with E-state index in [1.54, 1.807) is 17.4 Å². The number of hydrogen-bond donors (Lipinski definition) is 1. The fourth-order valence-corrected chi connectivity index (χ4v) is 3.68. The van der Waals surface area contributed by atoms with Gasteiger partial charge in [0.15, 0.2) is 0 Å². The molecule has 18 heavy (non-hydrogen) atoms. The summed E-state index contributed by atoms with van der Waals surface area (Å²) in [6.07, 6.45) is 2.04. The first-order valence-corrected chi connectivity index (χ1v) is 7.08. The maximum atomic E-state index is 13.2. The predicted octanol–water partition coefficient (Wildman–Crippen LogP) is 3.47. The van der Waals surface area contributed by atoms with E-state index in [-0.39, 0.29) is 11.9 Å². The van der Waals surface area contributed by atoms with Gasteiger partial charge in [0.2, 0.25) is 0 Å². The topological polar surface area (TPSA) is 35.2 Å². The van der Waals surface area contributed by atoms with Crippen LogP contribution in [0.2, 0.25) is 0 Å². The average molecular weight is 265 g/mol. The molecular weight excluding hydrogens is 249 g/mol. The van der Waals surface area contributed by atoms with Crippen LogP contribution in [0.3, 0.4) is 0 Å². The SMILES string of the molecule is NC(c1cc2ccc(F)cc2s1)C1CCOCC1. The molecule has 1 aliphatic heterocycles. The number of thiophene rings is 1. The standard InChI is InChI=1S/C14H16FNOS/c15-11-2-1-10-7-13(18-12(10)8-11)14(16)9-3-5-17-6-4-9/h1-2,7-9,14H,3-6,16H2. The number of fused-ring (bicyclic) bond motifs is 1. The largest absolute Gasteiger partial charge is 0.381 e. The number of nitrogens with two attached hydrogens (primary N) is 1. The summed E-state index contributed by atoms with van der Waals surface area (Å²) in [5.41, 5.74) is 6.33. The summed E-state index contributed by atoms with van der Waals surface area (Å²) in [6.45, 7) is 1.61. The van der Waals surface area contributed by atoms with Gasteiger partial charge >= 0.3 is 0 Å². The van der Waals surface area contributed by atoms with Crippen LogP contribution in [0.15, 0.2) is 24.3 Å².